The van der Waals surface area contributed by atoms with Crippen LogP contribution in [0.15, 0.2) is 42.5 Å². The summed E-state index contributed by atoms with van der Waals surface area (Å²) in [7, 11) is 0. The van der Waals surface area contributed by atoms with E-state index in [9.17, 15) is 4.79 Å². The molecular formula is C13H11N2O. The van der Waals surface area contributed by atoms with E-state index in [-0.39, 0.29) is 0 Å². The van der Waals surface area contributed by atoms with Crippen LogP contribution in [0.3, 0.4) is 0 Å². The smallest absolute Gasteiger partial charge is 0.250 e. The molecule has 0 aliphatic carbocycles. The lowest BCUT2D eigenvalue weighted by Crippen LogP contribution is -2.13. The molecule has 0 aliphatic heterocycles. The molecular weight excluding hydrogens is 200 g/mol. The molecule has 0 bridgehead atoms. The van der Waals surface area contributed by atoms with Crippen molar-refractivity contribution in [2.45, 2.75) is 0 Å². The molecule has 0 heterocycles. The number of hydrogen-bond acceptors (Lipinski definition) is 2. The molecule has 2 aromatic rings. The van der Waals surface area contributed by atoms with Gasteiger partial charge in [0.2, 0.25) is 5.91 Å². The van der Waals surface area contributed by atoms with Crippen LogP contribution < -0.4 is 11.5 Å². The Balaban J connectivity index is 2.61. The molecule has 16 heavy (non-hydrogen) atoms. The van der Waals surface area contributed by atoms with Crippen molar-refractivity contribution in [3.8, 4) is 11.1 Å². The molecule has 3 heteroatoms. The van der Waals surface area contributed by atoms with Crippen LogP contribution in [0.1, 0.15) is 10.4 Å². The van der Waals surface area contributed by atoms with Crippen LogP contribution in [-0.4, -0.2) is 5.91 Å². The molecule has 0 saturated heterocycles. The average molecular weight is 211 g/mol. The zero-order valence-electron chi connectivity index (χ0n) is 8.60. The molecule has 2 aromatic carbocycles. The summed E-state index contributed by atoms with van der Waals surface area (Å²) >= 11 is 0. The monoisotopic (exact) mass is 211 g/mol. The number of nitrogen functional groups attached to an aromatic ring is 1. The number of carbonyl (C=O) groups excluding carboxylic acids is 1. The van der Waals surface area contributed by atoms with Gasteiger partial charge in [-0.25, -0.2) is 0 Å². The third-order valence-corrected chi connectivity index (χ3v) is 2.30. The molecule has 0 fully saturated rings. The van der Waals surface area contributed by atoms with Crippen molar-refractivity contribution in [2.24, 2.45) is 5.73 Å². The van der Waals surface area contributed by atoms with Crippen molar-refractivity contribution < 1.29 is 4.79 Å². The van der Waals surface area contributed by atoms with Crippen molar-refractivity contribution >= 4 is 11.6 Å². The van der Waals surface area contributed by atoms with Crippen molar-refractivity contribution in [3.63, 3.8) is 0 Å². The molecule has 1 radical (unpaired) electrons. The maximum absolute atomic E-state index is 11.3. The Morgan fingerprint density at radius 3 is 2.38 bits per heavy atom. The van der Waals surface area contributed by atoms with Gasteiger partial charge < -0.3 is 11.5 Å². The number of hydrogen-bond donors (Lipinski definition) is 2. The van der Waals surface area contributed by atoms with E-state index in [0.717, 1.165) is 11.1 Å². The fourth-order valence-corrected chi connectivity index (χ4v) is 1.56. The van der Waals surface area contributed by atoms with E-state index in [2.05, 4.69) is 6.07 Å². The molecule has 4 N–H and O–H groups in total. The first kappa shape index (κ1) is 10.2. The second-order valence-corrected chi connectivity index (χ2v) is 3.43. The predicted octanol–water partition coefficient (Wildman–Crippen LogP) is 1.83. The topological polar surface area (TPSA) is 69.1 Å². The molecule has 0 spiro atoms. The molecule has 3 nitrogen and oxygen atoms in total. The van der Waals surface area contributed by atoms with Gasteiger partial charge in [0.15, 0.2) is 0 Å². The van der Waals surface area contributed by atoms with E-state index in [1.165, 1.54) is 0 Å². The summed E-state index contributed by atoms with van der Waals surface area (Å²) in [6.45, 7) is 0. The van der Waals surface area contributed by atoms with Gasteiger partial charge in [-0.3, -0.25) is 4.79 Å². The largest absolute Gasteiger partial charge is 0.398 e. The van der Waals surface area contributed by atoms with Gasteiger partial charge in [0.1, 0.15) is 0 Å². The Morgan fingerprint density at radius 1 is 1.06 bits per heavy atom. The Bertz CT molecular complexity index is 521. The summed E-state index contributed by atoms with van der Waals surface area (Å²) in [5.74, 6) is -0.522. The molecule has 0 atom stereocenters. The highest BCUT2D eigenvalue weighted by Crippen LogP contribution is 2.24. The standard InChI is InChI=1S/C13H11N2O/c14-10-6-7-11(12(8-10)13(15)16)9-4-2-1-3-5-9/h1-7H,14H2,(H2,15,16). The first-order chi connectivity index (χ1) is 7.68. The third kappa shape index (κ3) is 1.88. The van der Waals surface area contributed by atoms with Crippen LogP contribution in [0.5, 0.6) is 0 Å². The number of rotatable bonds is 2. The minimum atomic E-state index is -0.522. The molecule has 0 aliphatic rings. The summed E-state index contributed by atoms with van der Waals surface area (Å²) in [6, 6.07) is 15.8. The number of anilines is 1. The van der Waals surface area contributed by atoms with Crippen molar-refractivity contribution in [3.05, 3.63) is 54.1 Å². The van der Waals surface area contributed by atoms with Gasteiger partial charge >= 0.3 is 0 Å². The van der Waals surface area contributed by atoms with E-state index in [1.807, 2.05) is 30.3 Å². The predicted molar refractivity (Wildman–Crippen MR) is 63.6 cm³/mol. The second kappa shape index (κ2) is 4.06. The summed E-state index contributed by atoms with van der Waals surface area (Å²) < 4.78 is 0. The van der Waals surface area contributed by atoms with E-state index in [1.54, 1.807) is 12.1 Å². The number of benzene rings is 2. The Hall–Kier alpha value is -2.29. The highest BCUT2D eigenvalue weighted by molar-refractivity contribution is 6.00. The first-order valence-corrected chi connectivity index (χ1v) is 4.85. The Labute approximate surface area is 93.7 Å². The van der Waals surface area contributed by atoms with Crippen molar-refractivity contribution in [1.82, 2.24) is 0 Å². The fraction of sp³-hybridized carbons (Fsp3) is 0. The van der Waals surface area contributed by atoms with Gasteiger partial charge in [-0.15, -0.1) is 0 Å². The summed E-state index contributed by atoms with van der Waals surface area (Å²) in [5, 5.41) is 0. The fourth-order valence-electron chi connectivity index (χ4n) is 1.56. The van der Waals surface area contributed by atoms with Crippen LogP contribution in [0.2, 0.25) is 0 Å². The minimum absolute atomic E-state index is 0.325. The number of primary amides is 1. The quantitative estimate of drug-likeness (QED) is 0.744. The average Bonchev–Trinajstić information content (AvgIpc) is 2.30. The molecule has 0 unspecified atom stereocenters. The minimum Gasteiger partial charge on any atom is -0.398 e. The van der Waals surface area contributed by atoms with E-state index in [4.69, 9.17) is 11.5 Å². The van der Waals surface area contributed by atoms with Gasteiger partial charge in [0, 0.05) is 11.8 Å². The number of nitrogens with two attached hydrogens (primary N) is 2. The lowest BCUT2D eigenvalue weighted by molar-refractivity contribution is 0.100. The molecule has 2 rings (SSSR count). The SMILES string of the molecule is NC(=O)c1[c]c(N)ccc1-c1ccccc1. The maximum Gasteiger partial charge on any atom is 0.250 e. The Kier molecular flexibility index (Phi) is 2.60. The van der Waals surface area contributed by atoms with E-state index >= 15 is 0 Å². The summed E-state index contributed by atoms with van der Waals surface area (Å²) in [5.41, 5.74) is 13.3. The first-order valence-electron chi connectivity index (χ1n) is 4.85. The van der Waals surface area contributed by atoms with Crippen LogP contribution in [-0.2, 0) is 0 Å². The molecule has 1 amide bonds. The van der Waals surface area contributed by atoms with E-state index in [0.29, 0.717) is 11.3 Å². The van der Waals surface area contributed by atoms with Gasteiger partial charge in [-0.05, 0) is 17.2 Å². The lowest BCUT2D eigenvalue weighted by atomic mass is 9.99. The van der Waals surface area contributed by atoms with Gasteiger partial charge in [-0.1, -0.05) is 36.4 Å². The van der Waals surface area contributed by atoms with Crippen molar-refractivity contribution in [2.75, 3.05) is 5.73 Å². The van der Waals surface area contributed by atoms with Crippen molar-refractivity contribution in [1.29, 1.82) is 0 Å². The molecule has 0 aromatic heterocycles. The third-order valence-electron chi connectivity index (χ3n) is 2.30. The molecule has 0 saturated carbocycles. The normalized spacial score (nSPS) is 10.0. The summed E-state index contributed by atoms with van der Waals surface area (Å²) in [6.07, 6.45) is 0. The zero-order valence-corrected chi connectivity index (χ0v) is 8.60. The van der Waals surface area contributed by atoms with Gasteiger partial charge in [-0.2, -0.15) is 0 Å². The van der Waals surface area contributed by atoms with Gasteiger partial charge in [0.25, 0.3) is 0 Å². The van der Waals surface area contributed by atoms with Crippen LogP contribution in [0.25, 0.3) is 11.1 Å². The number of carbonyl (C=O) groups is 1. The number of amides is 1. The van der Waals surface area contributed by atoms with E-state index < -0.39 is 5.91 Å². The molecule has 79 valence electrons. The maximum atomic E-state index is 11.3. The highest BCUT2D eigenvalue weighted by Gasteiger charge is 2.10. The van der Waals surface area contributed by atoms with Gasteiger partial charge in [0.05, 0.1) is 5.56 Å². The van der Waals surface area contributed by atoms with Crippen LogP contribution in [0, 0.1) is 6.07 Å². The highest BCUT2D eigenvalue weighted by atomic mass is 16.1. The Morgan fingerprint density at radius 2 is 1.75 bits per heavy atom. The summed E-state index contributed by atoms with van der Waals surface area (Å²) in [4.78, 5) is 11.3. The van der Waals surface area contributed by atoms with Crippen LogP contribution in [0.4, 0.5) is 5.69 Å². The zero-order chi connectivity index (χ0) is 11.5. The lowest BCUT2D eigenvalue weighted by Gasteiger charge is -2.07. The van der Waals surface area contributed by atoms with Crippen LogP contribution >= 0.6 is 0 Å². The second-order valence-electron chi connectivity index (χ2n) is 3.43.